The fraction of sp³-hybridized carbons (Fsp3) is 0.471. The molecule has 0 aliphatic carbocycles. The van der Waals surface area contributed by atoms with Gasteiger partial charge < -0.3 is 10.6 Å². The second kappa shape index (κ2) is 7.12. The number of anilines is 1. The largest absolute Gasteiger partial charge is 0.326 e. The second-order valence-electron chi connectivity index (χ2n) is 5.56. The van der Waals surface area contributed by atoms with Gasteiger partial charge in [-0.05, 0) is 56.0 Å². The molecule has 1 aromatic carbocycles. The molecule has 0 bridgehead atoms. The molecule has 1 aliphatic rings. The smallest absolute Gasteiger partial charge is 0.224 e. The third-order valence-corrected chi connectivity index (χ3v) is 3.96. The predicted octanol–water partition coefficient (Wildman–Crippen LogP) is 2.63. The average molecular weight is 270 g/mol. The Morgan fingerprint density at radius 1 is 1.60 bits per heavy atom. The van der Waals surface area contributed by atoms with Crippen molar-refractivity contribution in [1.29, 1.82) is 0 Å². The summed E-state index contributed by atoms with van der Waals surface area (Å²) in [6.07, 6.45) is 8.35. The number of piperidine rings is 1. The van der Waals surface area contributed by atoms with E-state index in [1.807, 2.05) is 24.3 Å². The van der Waals surface area contributed by atoms with Crippen LogP contribution in [0.25, 0.3) is 0 Å². The highest BCUT2D eigenvalue weighted by molar-refractivity contribution is 5.91. The van der Waals surface area contributed by atoms with Gasteiger partial charge in [-0.3, -0.25) is 4.79 Å². The lowest BCUT2D eigenvalue weighted by Gasteiger charge is -2.28. The fourth-order valence-electron chi connectivity index (χ4n) is 2.72. The maximum absolute atomic E-state index is 12.1. The first-order valence-electron chi connectivity index (χ1n) is 7.26. The fourth-order valence-corrected chi connectivity index (χ4v) is 2.72. The van der Waals surface area contributed by atoms with Gasteiger partial charge in [0.05, 0.1) is 0 Å². The quantitative estimate of drug-likeness (QED) is 0.826. The van der Waals surface area contributed by atoms with Crippen molar-refractivity contribution >= 4 is 11.6 Å². The number of terminal acetylenes is 1. The van der Waals surface area contributed by atoms with Crippen LogP contribution in [0.5, 0.6) is 0 Å². The van der Waals surface area contributed by atoms with Crippen LogP contribution in [0.15, 0.2) is 24.3 Å². The van der Waals surface area contributed by atoms with E-state index in [1.165, 1.54) is 12.8 Å². The van der Waals surface area contributed by atoms with Crippen molar-refractivity contribution in [3.8, 4) is 12.3 Å². The van der Waals surface area contributed by atoms with Crippen LogP contribution in [-0.4, -0.2) is 19.0 Å². The third kappa shape index (κ3) is 4.11. The second-order valence-corrected chi connectivity index (χ2v) is 5.56. The number of hydrogen-bond donors (Lipinski definition) is 2. The Bertz CT molecular complexity index is 498. The van der Waals surface area contributed by atoms with Crippen LogP contribution in [0.2, 0.25) is 0 Å². The minimum absolute atomic E-state index is 0.0669. The predicted molar refractivity (Wildman–Crippen MR) is 82.4 cm³/mol. The van der Waals surface area contributed by atoms with Gasteiger partial charge in [-0.2, -0.15) is 0 Å². The summed E-state index contributed by atoms with van der Waals surface area (Å²) in [7, 11) is 0. The lowest BCUT2D eigenvalue weighted by atomic mass is 9.85. The van der Waals surface area contributed by atoms with E-state index in [9.17, 15) is 4.79 Å². The normalized spacial score (nSPS) is 19.9. The summed E-state index contributed by atoms with van der Waals surface area (Å²) in [5.74, 6) is 3.65. The number of amides is 1. The summed E-state index contributed by atoms with van der Waals surface area (Å²) in [6.45, 7) is 4.30. The molecule has 2 N–H and O–H groups in total. The van der Waals surface area contributed by atoms with Crippen molar-refractivity contribution in [3.05, 3.63) is 29.8 Å². The molecular formula is C17H22N2O. The van der Waals surface area contributed by atoms with Crippen molar-refractivity contribution < 1.29 is 4.79 Å². The maximum Gasteiger partial charge on any atom is 0.224 e. The average Bonchev–Trinajstić information content (AvgIpc) is 2.48. The van der Waals surface area contributed by atoms with E-state index in [4.69, 9.17) is 6.42 Å². The van der Waals surface area contributed by atoms with Gasteiger partial charge in [-0.15, -0.1) is 6.42 Å². The third-order valence-electron chi connectivity index (χ3n) is 3.96. The van der Waals surface area contributed by atoms with E-state index < -0.39 is 0 Å². The minimum atomic E-state index is 0.0669. The number of carbonyl (C=O) groups excluding carboxylic acids is 1. The lowest BCUT2D eigenvalue weighted by molar-refractivity contribution is -0.117. The molecule has 3 heteroatoms. The van der Waals surface area contributed by atoms with Crippen LogP contribution in [0.3, 0.4) is 0 Å². The van der Waals surface area contributed by atoms with Crippen LogP contribution in [0.1, 0.15) is 31.7 Å². The number of nitrogens with one attached hydrogen (secondary N) is 2. The first kappa shape index (κ1) is 14.6. The molecule has 0 aromatic heterocycles. The number of carbonyl (C=O) groups is 1. The summed E-state index contributed by atoms with van der Waals surface area (Å²) < 4.78 is 0. The Kier molecular flexibility index (Phi) is 5.20. The van der Waals surface area contributed by atoms with E-state index in [0.29, 0.717) is 18.3 Å². The van der Waals surface area contributed by atoms with Crippen molar-refractivity contribution in [2.24, 2.45) is 11.8 Å². The Morgan fingerprint density at radius 2 is 2.45 bits per heavy atom. The molecule has 1 aliphatic heterocycles. The summed E-state index contributed by atoms with van der Waals surface area (Å²) in [5, 5.41) is 6.33. The van der Waals surface area contributed by atoms with Crippen molar-refractivity contribution in [3.63, 3.8) is 0 Å². The zero-order valence-corrected chi connectivity index (χ0v) is 12.0. The van der Waals surface area contributed by atoms with E-state index in [-0.39, 0.29) is 5.91 Å². The molecule has 0 saturated carbocycles. The van der Waals surface area contributed by atoms with Gasteiger partial charge in [-0.1, -0.05) is 18.9 Å². The van der Waals surface area contributed by atoms with E-state index >= 15 is 0 Å². The molecule has 2 atom stereocenters. The summed E-state index contributed by atoms with van der Waals surface area (Å²) in [6, 6.07) is 7.40. The molecule has 1 heterocycles. The molecule has 0 spiro atoms. The first-order valence-corrected chi connectivity index (χ1v) is 7.26. The molecule has 2 rings (SSSR count). The van der Waals surface area contributed by atoms with Gasteiger partial charge in [0.1, 0.15) is 0 Å². The highest BCUT2D eigenvalue weighted by atomic mass is 16.1. The van der Waals surface area contributed by atoms with Crippen LogP contribution in [-0.2, 0) is 4.79 Å². The van der Waals surface area contributed by atoms with E-state index in [1.54, 1.807) is 0 Å². The highest BCUT2D eigenvalue weighted by Gasteiger charge is 2.21. The molecule has 1 fully saturated rings. The topological polar surface area (TPSA) is 41.1 Å². The summed E-state index contributed by atoms with van der Waals surface area (Å²) in [5.41, 5.74) is 1.56. The Labute approximate surface area is 121 Å². The molecule has 1 aromatic rings. The molecule has 1 amide bonds. The number of rotatable bonds is 4. The van der Waals surface area contributed by atoms with Crippen LogP contribution >= 0.6 is 0 Å². The molecule has 1 saturated heterocycles. The molecule has 2 unspecified atom stereocenters. The van der Waals surface area contributed by atoms with Crippen molar-refractivity contribution in [1.82, 2.24) is 5.32 Å². The van der Waals surface area contributed by atoms with E-state index in [0.717, 1.165) is 24.3 Å². The zero-order chi connectivity index (χ0) is 14.4. The highest BCUT2D eigenvalue weighted by Crippen LogP contribution is 2.23. The summed E-state index contributed by atoms with van der Waals surface area (Å²) in [4.78, 5) is 12.1. The van der Waals surface area contributed by atoms with Crippen molar-refractivity contribution in [2.75, 3.05) is 18.4 Å². The molecular weight excluding hydrogens is 248 g/mol. The minimum Gasteiger partial charge on any atom is -0.326 e. The van der Waals surface area contributed by atoms with Crippen molar-refractivity contribution in [2.45, 2.75) is 26.2 Å². The van der Waals surface area contributed by atoms with Gasteiger partial charge in [0.2, 0.25) is 5.91 Å². The number of hydrogen-bond acceptors (Lipinski definition) is 2. The van der Waals surface area contributed by atoms with Crippen LogP contribution < -0.4 is 10.6 Å². The molecule has 106 valence electrons. The number of benzene rings is 1. The SMILES string of the molecule is C#Cc1cccc(NC(=O)CC(C)C2CCCNC2)c1. The monoisotopic (exact) mass is 270 g/mol. The Balaban J connectivity index is 1.86. The molecule has 20 heavy (non-hydrogen) atoms. The van der Waals surface area contributed by atoms with Gasteiger partial charge in [-0.25, -0.2) is 0 Å². The molecule has 0 radical (unpaired) electrons. The van der Waals surface area contributed by atoms with Gasteiger partial charge in [0.25, 0.3) is 0 Å². The Hall–Kier alpha value is -1.79. The van der Waals surface area contributed by atoms with Gasteiger partial charge in [0, 0.05) is 17.7 Å². The standard InChI is InChI=1S/C17H22N2O/c1-3-14-6-4-8-16(11-14)19-17(20)10-13(2)15-7-5-9-18-12-15/h1,4,6,8,11,13,15,18H,5,7,9-10,12H2,2H3,(H,19,20). The lowest BCUT2D eigenvalue weighted by Crippen LogP contribution is -2.34. The zero-order valence-electron chi connectivity index (χ0n) is 12.0. The van der Waals surface area contributed by atoms with E-state index in [2.05, 4.69) is 23.5 Å². The molecule has 3 nitrogen and oxygen atoms in total. The first-order chi connectivity index (χ1) is 9.69. The van der Waals surface area contributed by atoms with Crippen LogP contribution in [0.4, 0.5) is 5.69 Å². The maximum atomic E-state index is 12.1. The Morgan fingerprint density at radius 3 is 3.15 bits per heavy atom. The summed E-state index contributed by atoms with van der Waals surface area (Å²) >= 11 is 0. The van der Waals surface area contributed by atoms with Gasteiger partial charge >= 0.3 is 0 Å². The van der Waals surface area contributed by atoms with Gasteiger partial charge in [0.15, 0.2) is 0 Å². The van der Waals surface area contributed by atoms with Crippen LogP contribution in [0, 0.1) is 24.2 Å².